The number of hydrogen-bond donors (Lipinski definition) is 0. The maximum Gasteiger partial charge on any atom is 0.0974 e. The molecule has 0 N–H and O–H groups in total. The van der Waals surface area contributed by atoms with Gasteiger partial charge in [0.1, 0.15) is 0 Å². The molecule has 4 heteroatoms. The molecule has 2 bridgehead atoms. The van der Waals surface area contributed by atoms with Crippen molar-refractivity contribution in [1.29, 1.82) is 0 Å². The fourth-order valence-electron chi connectivity index (χ4n) is 9.90. The molecule has 38 heavy (non-hydrogen) atoms. The minimum absolute atomic E-state index is 0.0451. The molecule has 2 saturated carbocycles. The molecule has 0 amide bonds. The van der Waals surface area contributed by atoms with Crippen molar-refractivity contribution in [1.82, 2.24) is 9.88 Å². The third-order valence-corrected chi connectivity index (χ3v) is 11.9. The summed E-state index contributed by atoms with van der Waals surface area (Å²) in [7, 11) is 2.34. The molecule has 2 saturated heterocycles. The lowest BCUT2D eigenvalue weighted by Gasteiger charge is -2.55. The lowest BCUT2D eigenvalue weighted by molar-refractivity contribution is -0.147. The highest BCUT2D eigenvalue weighted by atomic mass is 16.5. The monoisotopic (exact) mass is 510 g/mol. The van der Waals surface area contributed by atoms with E-state index in [-0.39, 0.29) is 16.6 Å². The van der Waals surface area contributed by atoms with E-state index in [1.807, 2.05) is 12.4 Å². The number of benzene rings is 1. The van der Waals surface area contributed by atoms with Crippen LogP contribution in [0.5, 0.6) is 0 Å². The summed E-state index contributed by atoms with van der Waals surface area (Å²) < 4.78 is 13.1. The smallest absolute Gasteiger partial charge is 0.0974 e. The van der Waals surface area contributed by atoms with Crippen LogP contribution in [0, 0.1) is 16.7 Å². The van der Waals surface area contributed by atoms with Crippen LogP contribution in [0.1, 0.15) is 76.7 Å². The van der Waals surface area contributed by atoms with Gasteiger partial charge in [-0.25, -0.2) is 0 Å². The average Bonchev–Trinajstić information content (AvgIpc) is 3.42. The summed E-state index contributed by atoms with van der Waals surface area (Å²) in [6.07, 6.45) is 18.8. The number of fused-ring (bicyclic) bond motifs is 2. The molecule has 2 spiro atoms. The van der Waals surface area contributed by atoms with Crippen molar-refractivity contribution in [2.45, 2.75) is 88.4 Å². The zero-order chi connectivity index (χ0) is 25.8. The van der Waals surface area contributed by atoms with Gasteiger partial charge in [-0.05, 0) is 110 Å². The van der Waals surface area contributed by atoms with Crippen molar-refractivity contribution in [3.05, 3.63) is 65.5 Å². The van der Waals surface area contributed by atoms with Gasteiger partial charge in [0.05, 0.1) is 24.4 Å². The fraction of sp³-hybridized carbons (Fsp3) is 0.618. The molecule has 4 heterocycles. The molecule has 6 atom stereocenters. The van der Waals surface area contributed by atoms with Gasteiger partial charge < -0.3 is 14.4 Å². The van der Waals surface area contributed by atoms with E-state index < -0.39 is 0 Å². The molecular weight excluding hydrogens is 468 g/mol. The first-order valence-corrected chi connectivity index (χ1v) is 15.1. The summed E-state index contributed by atoms with van der Waals surface area (Å²) in [5.41, 5.74) is 5.05. The van der Waals surface area contributed by atoms with E-state index >= 15 is 0 Å². The lowest BCUT2D eigenvalue weighted by Crippen LogP contribution is -2.56. The molecule has 0 radical (unpaired) electrons. The normalized spacial score (nSPS) is 40.7. The first kappa shape index (κ1) is 23.8. The van der Waals surface area contributed by atoms with E-state index in [2.05, 4.69) is 67.2 Å². The van der Waals surface area contributed by atoms with Crippen LogP contribution in [0.25, 0.3) is 10.8 Å². The summed E-state index contributed by atoms with van der Waals surface area (Å²) in [4.78, 5) is 7.04. The van der Waals surface area contributed by atoms with Crippen LogP contribution in [0.2, 0.25) is 0 Å². The molecule has 1 aromatic heterocycles. The Morgan fingerprint density at radius 2 is 1.95 bits per heavy atom. The Hall–Kier alpha value is -2.01. The zero-order valence-electron chi connectivity index (χ0n) is 23.3. The van der Waals surface area contributed by atoms with Crippen LogP contribution in [0.4, 0.5) is 0 Å². The maximum atomic E-state index is 7.57. The first-order valence-electron chi connectivity index (χ1n) is 15.1. The summed E-state index contributed by atoms with van der Waals surface area (Å²) in [5.74, 6) is 1.16. The van der Waals surface area contributed by atoms with Crippen molar-refractivity contribution in [2.24, 2.45) is 16.7 Å². The van der Waals surface area contributed by atoms with Gasteiger partial charge in [0.25, 0.3) is 0 Å². The third-order valence-electron chi connectivity index (χ3n) is 11.9. The van der Waals surface area contributed by atoms with Gasteiger partial charge in [-0.1, -0.05) is 38.1 Å². The van der Waals surface area contributed by atoms with Gasteiger partial charge >= 0.3 is 0 Å². The van der Waals surface area contributed by atoms with E-state index in [0.29, 0.717) is 23.3 Å². The van der Waals surface area contributed by atoms with E-state index in [9.17, 15) is 0 Å². The average molecular weight is 511 g/mol. The van der Waals surface area contributed by atoms with Crippen molar-refractivity contribution >= 4 is 10.8 Å². The number of aromatic nitrogens is 1. The summed E-state index contributed by atoms with van der Waals surface area (Å²) in [5, 5.41) is 2.55. The maximum absolute atomic E-state index is 7.57. The van der Waals surface area contributed by atoms with Crippen molar-refractivity contribution in [3.8, 4) is 0 Å². The van der Waals surface area contributed by atoms with Crippen LogP contribution < -0.4 is 0 Å². The predicted octanol–water partition coefficient (Wildman–Crippen LogP) is 6.81. The van der Waals surface area contributed by atoms with Crippen molar-refractivity contribution < 1.29 is 9.47 Å². The Labute approximate surface area is 227 Å². The molecule has 4 nitrogen and oxygen atoms in total. The van der Waals surface area contributed by atoms with Crippen LogP contribution in [0.15, 0.2) is 60.0 Å². The lowest BCUT2D eigenvalue weighted by atomic mass is 9.58. The second-order valence-electron chi connectivity index (χ2n) is 14.3. The Balaban J connectivity index is 1.10. The zero-order valence-corrected chi connectivity index (χ0v) is 23.3. The summed E-state index contributed by atoms with van der Waals surface area (Å²) >= 11 is 0. The molecular formula is C34H42N2O2. The minimum Gasteiger partial charge on any atom is -0.380 e. The quantitative estimate of drug-likeness (QED) is 0.452. The van der Waals surface area contributed by atoms with Crippen LogP contribution in [-0.2, 0) is 9.47 Å². The highest BCUT2D eigenvalue weighted by Crippen LogP contribution is 2.69. The topological polar surface area (TPSA) is 34.6 Å². The Bertz CT molecular complexity index is 1360. The van der Waals surface area contributed by atoms with Gasteiger partial charge in [-0.2, -0.15) is 0 Å². The molecule has 4 fully saturated rings. The van der Waals surface area contributed by atoms with Gasteiger partial charge in [0, 0.05) is 35.8 Å². The number of allylic oxidation sites excluding steroid dienone is 1. The molecule has 6 aliphatic rings. The SMILES string of the molecule is CN(CC1(C)COC1)C1CCC2=CC3=CCC4(C)[C@@H](c5ccc6ccncc6c5)CC[C@H]4[C@@]34CC[C@]2(C1)O4. The Morgan fingerprint density at radius 3 is 2.79 bits per heavy atom. The van der Waals surface area contributed by atoms with Crippen LogP contribution in [-0.4, -0.2) is 53.9 Å². The molecule has 2 aromatic rings. The molecule has 8 rings (SSSR count). The molecule has 3 aliphatic heterocycles. The fourth-order valence-corrected chi connectivity index (χ4v) is 9.90. The summed E-state index contributed by atoms with van der Waals surface area (Å²) in [6.45, 7) is 7.90. The Morgan fingerprint density at radius 1 is 1.05 bits per heavy atom. The standard InChI is InChI=1S/C34H42N2O2/c1-31(21-37-22-31)20-36(3)28-7-6-26-17-27-10-12-32(2)29(24-5-4-23-11-15-35-19-25(23)16-24)8-9-30(32)34(27)14-13-33(26,18-28)38-34/h4-5,10-11,15-17,19,28-30H,6-9,12-14,18,20-22H2,1-3H3/t28?,29-,30-,32?,33-,34-/m1/s1. The van der Waals surface area contributed by atoms with E-state index in [1.165, 1.54) is 60.4 Å². The Kier molecular flexibility index (Phi) is 5.03. The molecule has 200 valence electrons. The predicted molar refractivity (Wildman–Crippen MR) is 151 cm³/mol. The van der Waals surface area contributed by atoms with E-state index in [1.54, 1.807) is 5.57 Å². The van der Waals surface area contributed by atoms with Gasteiger partial charge in [0.15, 0.2) is 0 Å². The van der Waals surface area contributed by atoms with E-state index in [4.69, 9.17) is 9.47 Å². The van der Waals surface area contributed by atoms with Crippen molar-refractivity contribution in [2.75, 3.05) is 26.8 Å². The second-order valence-corrected chi connectivity index (χ2v) is 14.3. The first-order chi connectivity index (χ1) is 18.3. The number of rotatable bonds is 4. The van der Waals surface area contributed by atoms with Gasteiger partial charge in [-0.3, -0.25) is 4.98 Å². The number of ether oxygens (including phenoxy) is 2. The molecule has 3 aliphatic carbocycles. The van der Waals surface area contributed by atoms with E-state index in [0.717, 1.165) is 32.6 Å². The van der Waals surface area contributed by atoms with Crippen LogP contribution in [0.3, 0.4) is 0 Å². The molecule has 1 aromatic carbocycles. The third kappa shape index (κ3) is 3.23. The largest absolute Gasteiger partial charge is 0.380 e. The number of hydrogen-bond acceptors (Lipinski definition) is 4. The number of pyridine rings is 1. The molecule has 2 unspecified atom stereocenters. The van der Waals surface area contributed by atoms with Crippen LogP contribution >= 0.6 is 0 Å². The van der Waals surface area contributed by atoms with Gasteiger partial charge in [0.2, 0.25) is 0 Å². The van der Waals surface area contributed by atoms with Gasteiger partial charge in [-0.15, -0.1) is 0 Å². The summed E-state index contributed by atoms with van der Waals surface area (Å²) in [6, 6.07) is 9.84. The minimum atomic E-state index is -0.0854. The van der Waals surface area contributed by atoms with Crippen molar-refractivity contribution in [3.63, 3.8) is 0 Å². The highest BCUT2D eigenvalue weighted by Gasteiger charge is 2.66. The second kappa shape index (κ2) is 8.02. The highest BCUT2D eigenvalue weighted by molar-refractivity contribution is 5.82. The number of nitrogens with zero attached hydrogens (tertiary/aromatic N) is 2.